The van der Waals surface area contributed by atoms with Gasteiger partial charge in [-0.3, -0.25) is 0 Å². The van der Waals surface area contributed by atoms with Crippen LogP contribution in [0.3, 0.4) is 0 Å². The summed E-state index contributed by atoms with van der Waals surface area (Å²) in [4.78, 5) is 10.5. The highest BCUT2D eigenvalue weighted by Crippen LogP contribution is 2.40. The van der Waals surface area contributed by atoms with Crippen LogP contribution in [-0.2, 0) is 0 Å². The van der Waals surface area contributed by atoms with Crippen LogP contribution in [0.2, 0.25) is 0 Å². The first-order valence-corrected chi connectivity index (χ1v) is 10.8. The molecule has 114 valence electrons. The number of nitrogens with zero attached hydrogens (tertiary/aromatic N) is 2. The van der Waals surface area contributed by atoms with Gasteiger partial charge < -0.3 is 0 Å². The minimum atomic E-state index is 1.07. The zero-order valence-electron chi connectivity index (χ0n) is 12.1. The summed E-state index contributed by atoms with van der Waals surface area (Å²) in [5.41, 5.74) is 4.04. The Morgan fingerprint density at radius 2 is 1.62 bits per heavy atom. The van der Waals surface area contributed by atoms with Crippen LogP contribution < -0.4 is 0 Å². The lowest BCUT2D eigenvalue weighted by atomic mass is 10.2. The molecule has 6 heteroatoms. The van der Waals surface area contributed by atoms with Crippen LogP contribution >= 0.6 is 45.3 Å². The molecule has 24 heavy (non-hydrogen) atoms. The summed E-state index contributed by atoms with van der Waals surface area (Å²) < 4.78 is 5.10. The highest BCUT2D eigenvalue weighted by atomic mass is 32.1. The minimum absolute atomic E-state index is 1.07. The van der Waals surface area contributed by atoms with E-state index in [-0.39, 0.29) is 0 Å². The van der Waals surface area contributed by atoms with Crippen LogP contribution in [0.25, 0.3) is 50.5 Å². The Balaban J connectivity index is 1.58. The van der Waals surface area contributed by atoms with Crippen LogP contribution in [0.15, 0.2) is 47.3 Å². The molecule has 2 aromatic carbocycles. The Hall–Kier alpha value is -1.86. The van der Waals surface area contributed by atoms with Gasteiger partial charge in [0, 0.05) is 9.40 Å². The average molecular weight is 381 g/mol. The Morgan fingerprint density at radius 3 is 2.62 bits per heavy atom. The first-order chi connectivity index (χ1) is 11.8. The van der Waals surface area contributed by atoms with E-state index in [0.717, 1.165) is 16.0 Å². The number of fused-ring (bicyclic) bond motifs is 4. The third-order valence-electron chi connectivity index (χ3n) is 4.14. The molecule has 0 atom stereocenters. The second-order valence-electron chi connectivity index (χ2n) is 5.62. The Bertz CT molecular complexity index is 1160. The molecule has 0 N–H and O–H groups in total. The number of thiophene rings is 2. The molecule has 0 radical (unpaired) electrons. The van der Waals surface area contributed by atoms with Crippen molar-refractivity contribution in [3.63, 3.8) is 0 Å². The van der Waals surface area contributed by atoms with Crippen molar-refractivity contribution in [2.24, 2.45) is 0 Å². The lowest BCUT2D eigenvalue weighted by Crippen LogP contribution is -1.70. The van der Waals surface area contributed by atoms with Gasteiger partial charge in [-0.1, -0.05) is 0 Å². The van der Waals surface area contributed by atoms with Crippen LogP contribution in [0.5, 0.6) is 0 Å². The number of hydrogen-bond donors (Lipinski definition) is 0. The Morgan fingerprint density at radius 1 is 0.708 bits per heavy atom. The van der Waals surface area contributed by atoms with Crippen LogP contribution in [0.4, 0.5) is 0 Å². The minimum Gasteiger partial charge on any atom is -0.245 e. The van der Waals surface area contributed by atoms with E-state index in [1.54, 1.807) is 34.0 Å². The molecule has 0 unspecified atom stereocenters. The second kappa shape index (κ2) is 4.83. The fraction of sp³-hybridized carbons (Fsp3) is 0. The van der Waals surface area contributed by atoms with Gasteiger partial charge in [0.05, 0.1) is 30.8 Å². The maximum Gasteiger partial charge on any atom is 0.134 e. The fourth-order valence-corrected chi connectivity index (χ4v) is 6.61. The van der Waals surface area contributed by atoms with E-state index in [1.807, 2.05) is 16.8 Å². The molecule has 6 rings (SSSR count). The third-order valence-corrected chi connectivity index (χ3v) is 8.10. The molecule has 0 aliphatic rings. The highest BCUT2D eigenvalue weighted by molar-refractivity contribution is 7.28. The molecule has 4 heterocycles. The largest absolute Gasteiger partial charge is 0.245 e. The van der Waals surface area contributed by atoms with Gasteiger partial charge in [-0.25, -0.2) is 9.97 Å². The summed E-state index contributed by atoms with van der Waals surface area (Å²) in [5, 5.41) is 5.90. The molecule has 4 aromatic heterocycles. The molecular formula is C18H8N2S4. The second-order valence-corrected chi connectivity index (χ2v) is 9.57. The normalized spacial score (nSPS) is 12.2. The lowest BCUT2D eigenvalue weighted by molar-refractivity contribution is 1.49. The van der Waals surface area contributed by atoms with E-state index >= 15 is 0 Å². The van der Waals surface area contributed by atoms with Gasteiger partial charge in [-0.15, -0.1) is 45.3 Å². The smallest absolute Gasteiger partial charge is 0.134 e. The summed E-state index contributed by atoms with van der Waals surface area (Å²) in [6.07, 6.45) is 0. The van der Waals surface area contributed by atoms with E-state index in [2.05, 4.69) is 46.8 Å². The monoisotopic (exact) mass is 380 g/mol. The predicted octanol–water partition coefficient (Wildman–Crippen LogP) is 7.00. The van der Waals surface area contributed by atoms with Crippen molar-refractivity contribution < 1.29 is 0 Å². The van der Waals surface area contributed by atoms with Crippen LogP contribution in [0.1, 0.15) is 0 Å². The molecule has 0 aliphatic heterocycles. The Labute approximate surface area is 152 Å². The van der Waals surface area contributed by atoms with E-state index in [4.69, 9.17) is 4.98 Å². The quantitative estimate of drug-likeness (QED) is 0.307. The number of hydrogen-bond acceptors (Lipinski definition) is 6. The van der Waals surface area contributed by atoms with Crippen molar-refractivity contribution in [3.05, 3.63) is 47.3 Å². The SMILES string of the molecule is c1cc2cc3sc(-c4nc5cc6scnc6cc5s4)cc3cc2s1. The van der Waals surface area contributed by atoms with Crippen molar-refractivity contribution in [1.29, 1.82) is 0 Å². The summed E-state index contributed by atoms with van der Waals surface area (Å²) in [6, 6.07) is 13.4. The first kappa shape index (κ1) is 13.4. The molecule has 0 saturated heterocycles. The van der Waals surface area contributed by atoms with E-state index in [9.17, 15) is 0 Å². The molecule has 0 amide bonds. The van der Waals surface area contributed by atoms with Crippen LogP contribution in [-0.4, -0.2) is 9.97 Å². The number of thiazole rings is 2. The Kier molecular flexibility index (Phi) is 2.70. The zero-order chi connectivity index (χ0) is 15.7. The molecular weight excluding hydrogens is 372 g/mol. The van der Waals surface area contributed by atoms with Crippen LogP contribution in [0, 0.1) is 0 Å². The summed E-state index contributed by atoms with van der Waals surface area (Å²) in [7, 11) is 0. The summed E-state index contributed by atoms with van der Waals surface area (Å²) in [5.74, 6) is 0. The average Bonchev–Trinajstić information content (AvgIpc) is 3.33. The van der Waals surface area contributed by atoms with Gasteiger partial charge in [0.25, 0.3) is 0 Å². The third kappa shape index (κ3) is 1.91. The molecule has 0 fully saturated rings. The highest BCUT2D eigenvalue weighted by Gasteiger charge is 2.12. The maximum atomic E-state index is 4.88. The van der Waals surface area contributed by atoms with Gasteiger partial charge in [0.2, 0.25) is 0 Å². The van der Waals surface area contributed by atoms with Gasteiger partial charge in [0.15, 0.2) is 0 Å². The molecule has 0 spiro atoms. The van der Waals surface area contributed by atoms with Gasteiger partial charge in [-0.05, 0) is 52.6 Å². The fourth-order valence-electron chi connectivity index (χ4n) is 2.98. The van der Waals surface area contributed by atoms with Crippen molar-refractivity contribution in [1.82, 2.24) is 9.97 Å². The van der Waals surface area contributed by atoms with Gasteiger partial charge in [0.1, 0.15) is 5.01 Å². The van der Waals surface area contributed by atoms with Crippen molar-refractivity contribution >= 4 is 86.0 Å². The number of aromatic nitrogens is 2. The number of rotatable bonds is 1. The van der Waals surface area contributed by atoms with Crippen molar-refractivity contribution in [3.8, 4) is 9.88 Å². The van der Waals surface area contributed by atoms with Crippen molar-refractivity contribution in [2.45, 2.75) is 0 Å². The molecule has 0 aliphatic carbocycles. The zero-order valence-corrected chi connectivity index (χ0v) is 15.4. The topological polar surface area (TPSA) is 25.8 Å². The first-order valence-electron chi connectivity index (χ1n) is 7.38. The van der Waals surface area contributed by atoms with Gasteiger partial charge >= 0.3 is 0 Å². The van der Waals surface area contributed by atoms with E-state index < -0.39 is 0 Å². The standard InChI is InChI=1S/C18H8N2S4/c1-2-21-13-4-10-5-17(23-14(10)3-9(1)13)18-20-12-7-15-11(19-8-22-15)6-16(12)24-18/h1-8H. The molecule has 6 aromatic rings. The maximum absolute atomic E-state index is 4.88. The predicted molar refractivity (Wildman–Crippen MR) is 109 cm³/mol. The van der Waals surface area contributed by atoms with Crippen molar-refractivity contribution in [2.75, 3.05) is 0 Å². The lowest BCUT2D eigenvalue weighted by Gasteiger charge is -1.89. The summed E-state index contributed by atoms with van der Waals surface area (Å²) >= 11 is 7.06. The molecule has 0 saturated carbocycles. The molecule has 0 bridgehead atoms. The number of benzene rings is 2. The summed E-state index contributed by atoms with van der Waals surface area (Å²) in [6.45, 7) is 0. The molecule has 2 nitrogen and oxygen atoms in total. The van der Waals surface area contributed by atoms with Gasteiger partial charge in [-0.2, -0.15) is 0 Å². The van der Waals surface area contributed by atoms with E-state index in [0.29, 0.717) is 0 Å². The van der Waals surface area contributed by atoms with E-state index in [1.165, 1.54) is 34.4 Å².